The van der Waals surface area contributed by atoms with Gasteiger partial charge in [0.15, 0.2) is 5.78 Å². The second-order valence-corrected chi connectivity index (χ2v) is 7.76. The number of carbonyl (C=O) groups excluding carboxylic acids is 2. The monoisotopic (exact) mass is 385 g/mol. The normalized spacial score (nSPS) is 14.1. The summed E-state index contributed by atoms with van der Waals surface area (Å²) in [6.45, 7) is 2.50. The highest BCUT2D eigenvalue weighted by atomic mass is 31.2. The Morgan fingerprint density at radius 1 is 1.00 bits per heavy atom. The molecule has 0 rings (SSSR count). The summed E-state index contributed by atoms with van der Waals surface area (Å²) >= 11 is 0. The van der Waals surface area contributed by atoms with Crippen LogP contribution in [0.25, 0.3) is 0 Å². The van der Waals surface area contributed by atoms with Crippen molar-refractivity contribution >= 4 is 19.5 Å². The summed E-state index contributed by atoms with van der Waals surface area (Å²) in [5, 5.41) is 2.47. The van der Waals surface area contributed by atoms with Crippen molar-refractivity contribution in [2.75, 3.05) is 73.9 Å². The lowest BCUT2D eigenvalue weighted by atomic mass is 10.5. The quantitative estimate of drug-likeness (QED) is 0.221. The van der Waals surface area contributed by atoms with Crippen LogP contribution in [0.4, 0.5) is 0 Å². The molecule has 0 saturated carbocycles. The molecule has 0 fully saturated rings. The van der Waals surface area contributed by atoms with Gasteiger partial charge in [0.1, 0.15) is 26.4 Å². The number of ketones is 1. The number of carbonyl (C=O) groups is 2. The molecule has 2 N–H and O–H groups in total. The first-order chi connectivity index (χ1) is 11.5. The molecule has 25 heavy (non-hydrogen) atoms. The summed E-state index contributed by atoms with van der Waals surface area (Å²) in [4.78, 5) is 31.6. The maximum absolute atomic E-state index is 11.6. The van der Waals surface area contributed by atoms with Gasteiger partial charge in [-0.05, 0) is 6.92 Å². The third kappa shape index (κ3) is 17.7. The van der Waals surface area contributed by atoms with Crippen molar-refractivity contribution in [3.8, 4) is 0 Å². The summed E-state index contributed by atoms with van der Waals surface area (Å²) in [6, 6.07) is 0. The summed E-state index contributed by atoms with van der Waals surface area (Å²) in [5.41, 5.74) is 0. The number of hydrogen-bond donors (Lipinski definition) is 2. The number of Topliss-reactive ketones (excluding diaryl/α,β-unsaturated/α-hetero) is 1. The fraction of sp³-hybridized carbons (Fsp3) is 0.857. The number of rotatable bonds is 15. The molecule has 0 bridgehead atoms. The number of nitrogens with one attached hydrogen (secondary N) is 1. The molecule has 11 heteroatoms. The van der Waals surface area contributed by atoms with Gasteiger partial charge in [-0.3, -0.25) is 18.6 Å². The molecule has 0 aromatic heterocycles. The minimum absolute atomic E-state index is 0.0401. The van der Waals surface area contributed by atoms with Gasteiger partial charge in [0.25, 0.3) is 0 Å². The summed E-state index contributed by atoms with van der Waals surface area (Å²) in [6.07, 6.45) is 0. The Kier molecular flexibility index (Phi) is 12.0. The molecule has 0 heterocycles. The summed E-state index contributed by atoms with van der Waals surface area (Å²) in [7, 11) is 1.50. The summed E-state index contributed by atoms with van der Waals surface area (Å²) in [5.74, 6) is -0.615. The van der Waals surface area contributed by atoms with Gasteiger partial charge in [-0.15, -0.1) is 0 Å². The molecular weight excluding hydrogens is 355 g/mol. The van der Waals surface area contributed by atoms with Crippen LogP contribution in [0.1, 0.15) is 6.92 Å². The molecule has 1 unspecified atom stereocenters. The zero-order valence-corrected chi connectivity index (χ0v) is 16.3. The molecule has 148 valence electrons. The molecule has 10 nitrogen and oxygen atoms in total. The predicted octanol–water partition coefficient (Wildman–Crippen LogP) is -0.435. The SMILES string of the molecule is CC(=O)COCCOCCNC(=O)COP(=O)(O)OCC[N+](C)(C)C. The first-order valence-corrected chi connectivity index (χ1v) is 9.35. The Balaban J connectivity index is 3.65. The molecule has 0 aliphatic carbocycles. The van der Waals surface area contributed by atoms with E-state index < -0.39 is 20.3 Å². The average molecular weight is 385 g/mol. The number of amides is 1. The largest absolute Gasteiger partial charge is 0.472 e. The second-order valence-electron chi connectivity index (χ2n) is 6.31. The highest BCUT2D eigenvalue weighted by molar-refractivity contribution is 7.47. The van der Waals surface area contributed by atoms with E-state index in [-0.39, 0.29) is 38.8 Å². The Labute approximate surface area is 148 Å². The van der Waals surface area contributed by atoms with Gasteiger partial charge < -0.3 is 24.2 Å². The van der Waals surface area contributed by atoms with Crippen LogP contribution >= 0.6 is 7.82 Å². The van der Waals surface area contributed by atoms with Crippen molar-refractivity contribution in [3.63, 3.8) is 0 Å². The number of likely N-dealkylation sites (N-methyl/N-ethyl adjacent to an activating group) is 1. The van der Waals surface area contributed by atoms with Crippen molar-refractivity contribution in [2.24, 2.45) is 0 Å². The number of ether oxygens (including phenoxy) is 2. The van der Waals surface area contributed by atoms with Crippen molar-refractivity contribution in [2.45, 2.75) is 6.92 Å². The highest BCUT2D eigenvalue weighted by Crippen LogP contribution is 2.42. The first kappa shape index (κ1) is 24.1. The van der Waals surface area contributed by atoms with Crippen LogP contribution in [0.5, 0.6) is 0 Å². The number of phosphoric acid groups is 1. The van der Waals surface area contributed by atoms with Gasteiger partial charge in [-0.2, -0.15) is 0 Å². The Hall–Kier alpha value is -0.870. The van der Waals surface area contributed by atoms with Crippen LogP contribution in [0.2, 0.25) is 0 Å². The number of phosphoric ester groups is 1. The van der Waals surface area contributed by atoms with Crippen molar-refractivity contribution in [1.29, 1.82) is 0 Å². The number of nitrogens with zero attached hydrogens (tertiary/aromatic N) is 1. The van der Waals surface area contributed by atoms with Crippen LogP contribution in [0.3, 0.4) is 0 Å². The van der Waals surface area contributed by atoms with Gasteiger partial charge in [0.05, 0.1) is 41.0 Å². The van der Waals surface area contributed by atoms with Crippen molar-refractivity contribution in [3.05, 3.63) is 0 Å². The van der Waals surface area contributed by atoms with E-state index in [4.69, 9.17) is 14.0 Å². The average Bonchev–Trinajstić information content (AvgIpc) is 2.46. The molecule has 0 saturated heterocycles. The first-order valence-electron chi connectivity index (χ1n) is 7.86. The third-order valence-electron chi connectivity index (χ3n) is 2.62. The highest BCUT2D eigenvalue weighted by Gasteiger charge is 2.23. The van der Waals surface area contributed by atoms with E-state index >= 15 is 0 Å². The van der Waals surface area contributed by atoms with Gasteiger partial charge in [-0.25, -0.2) is 4.57 Å². The molecule has 0 aromatic carbocycles. The van der Waals surface area contributed by atoms with E-state index in [9.17, 15) is 19.0 Å². The van der Waals surface area contributed by atoms with Crippen LogP contribution in [0, 0.1) is 0 Å². The second kappa shape index (κ2) is 12.5. The summed E-state index contributed by atoms with van der Waals surface area (Å²) < 4.78 is 31.7. The maximum atomic E-state index is 11.6. The van der Waals surface area contributed by atoms with E-state index in [2.05, 4.69) is 9.84 Å². The van der Waals surface area contributed by atoms with Crippen molar-refractivity contribution in [1.82, 2.24) is 5.32 Å². The molecule has 0 aliphatic rings. The fourth-order valence-corrected chi connectivity index (χ4v) is 2.02. The molecule has 0 radical (unpaired) electrons. The standard InChI is InChI=1S/C14H29N2O8P/c1-13(17)11-22-10-9-21-7-5-15-14(18)12-24-25(19,20)23-8-6-16(2,3)4/h5-12H2,1-4H3,(H-,15,18,19,20)/p+1. The number of quaternary nitrogens is 1. The van der Waals surface area contributed by atoms with E-state index in [1.807, 2.05) is 21.1 Å². The minimum atomic E-state index is -4.24. The Morgan fingerprint density at radius 2 is 1.64 bits per heavy atom. The lowest BCUT2D eigenvalue weighted by Crippen LogP contribution is -2.37. The van der Waals surface area contributed by atoms with Crippen LogP contribution in [-0.2, 0) is 32.7 Å². The minimum Gasteiger partial charge on any atom is -0.377 e. The van der Waals surface area contributed by atoms with E-state index in [1.165, 1.54) is 6.92 Å². The zero-order chi connectivity index (χ0) is 19.3. The van der Waals surface area contributed by atoms with E-state index in [1.54, 1.807) is 0 Å². The van der Waals surface area contributed by atoms with Crippen LogP contribution < -0.4 is 5.32 Å². The van der Waals surface area contributed by atoms with Crippen LogP contribution in [-0.4, -0.2) is 94.9 Å². The van der Waals surface area contributed by atoms with Gasteiger partial charge in [0, 0.05) is 6.54 Å². The Morgan fingerprint density at radius 3 is 2.24 bits per heavy atom. The van der Waals surface area contributed by atoms with Gasteiger partial charge in [-0.1, -0.05) is 0 Å². The maximum Gasteiger partial charge on any atom is 0.472 e. The Bertz CT molecular complexity index is 453. The van der Waals surface area contributed by atoms with Gasteiger partial charge >= 0.3 is 7.82 Å². The molecule has 0 spiro atoms. The lowest BCUT2D eigenvalue weighted by molar-refractivity contribution is -0.870. The third-order valence-corrected chi connectivity index (χ3v) is 3.59. The van der Waals surface area contributed by atoms with Crippen molar-refractivity contribution < 1.29 is 42.1 Å². The predicted molar refractivity (Wildman–Crippen MR) is 90.0 cm³/mol. The van der Waals surface area contributed by atoms with E-state index in [0.717, 1.165) is 0 Å². The molecule has 0 aliphatic heterocycles. The van der Waals surface area contributed by atoms with Crippen LogP contribution in [0.15, 0.2) is 0 Å². The fourth-order valence-electron chi connectivity index (χ4n) is 1.36. The molecule has 1 amide bonds. The van der Waals surface area contributed by atoms with E-state index in [0.29, 0.717) is 17.6 Å². The molecular formula is C14H30N2O8P+. The molecule has 0 aromatic rings. The molecule has 1 atom stereocenters. The smallest absolute Gasteiger partial charge is 0.377 e. The lowest BCUT2D eigenvalue weighted by Gasteiger charge is -2.23. The zero-order valence-electron chi connectivity index (χ0n) is 15.4. The van der Waals surface area contributed by atoms with Gasteiger partial charge in [0.2, 0.25) is 5.91 Å². The number of hydrogen-bond acceptors (Lipinski definition) is 7. The topological polar surface area (TPSA) is 120 Å².